The van der Waals surface area contributed by atoms with Crippen molar-refractivity contribution in [2.75, 3.05) is 5.73 Å². The Kier molecular flexibility index (Phi) is 4.14. The van der Waals surface area contributed by atoms with Crippen molar-refractivity contribution in [3.8, 4) is 6.07 Å². The predicted molar refractivity (Wildman–Crippen MR) is 82.5 cm³/mol. The highest BCUT2D eigenvalue weighted by atomic mass is 15.0. The first-order chi connectivity index (χ1) is 9.56. The quantitative estimate of drug-likeness (QED) is 0.915. The number of benzene rings is 1. The van der Waals surface area contributed by atoms with E-state index < -0.39 is 0 Å². The zero-order chi connectivity index (χ0) is 14.7. The van der Waals surface area contributed by atoms with Crippen LogP contribution < -0.4 is 5.73 Å². The second-order valence-electron chi connectivity index (χ2n) is 5.33. The number of nitrogens with zero attached hydrogens (tertiary/aromatic N) is 2. The van der Waals surface area contributed by atoms with Crippen LogP contribution in [0.5, 0.6) is 0 Å². The van der Waals surface area contributed by atoms with Gasteiger partial charge in [0.05, 0.1) is 5.69 Å². The van der Waals surface area contributed by atoms with Crippen LogP contribution in [0, 0.1) is 18.3 Å². The summed E-state index contributed by atoms with van der Waals surface area (Å²) in [4.78, 5) is 0. The summed E-state index contributed by atoms with van der Waals surface area (Å²) in [5.41, 5.74) is 11.0. The molecule has 2 N–H and O–H groups in total. The third-order valence-corrected chi connectivity index (χ3v) is 3.81. The number of anilines is 1. The van der Waals surface area contributed by atoms with Crippen molar-refractivity contribution in [3.63, 3.8) is 0 Å². The van der Waals surface area contributed by atoms with Crippen molar-refractivity contribution in [3.05, 3.63) is 52.8 Å². The summed E-state index contributed by atoms with van der Waals surface area (Å²) in [6, 6.07) is 12.8. The number of rotatable bonds is 4. The Labute approximate surface area is 120 Å². The van der Waals surface area contributed by atoms with Crippen molar-refractivity contribution in [2.24, 2.45) is 0 Å². The number of nitrogens with two attached hydrogens (primary N) is 1. The monoisotopic (exact) mass is 267 g/mol. The van der Waals surface area contributed by atoms with Crippen molar-refractivity contribution in [1.82, 2.24) is 4.57 Å². The van der Waals surface area contributed by atoms with E-state index in [-0.39, 0.29) is 6.04 Å². The first kappa shape index (κ1) is 14.2. The fraction of sp³-hybridized carbons (Fsp3) is 0.353. The largest absolute Gasteiger partial charge is 0.397 e. The lowest BCUT2D eigenvalue weighted by Gasteiger charge is -2.17. The summed E-state index contributed by atoms with van der Waals surface area (Å²) in [5.74, 6) is 0. The zero-order valence-electron chi connectivity index (χ0n) is 12.4. The molecular formula is C17H21N3. The number of aromatic nitrogens is 1. The maximum absolute atomic E-state index is 9.28. The standard InChI is InChI=1S/C17H21N3/c1-4-13(3)20-15(11-18)10-16(19)17(20)9-14-7-5-12(2)6-8-14/h5-8,10,13H,4,9,19H2,1-3H3/t13-/m0/s1. The number of hydrogen-bond acceptors (Lipinski definition) is 2. The number of nitriles is 1. The van der Waals surface area contributed by atoms with Crippen LogP contribution in [-0.2, 0) is 6.42 Å². The lowest BCUT2D eigenvalue weighted by Crippen LogP contribution is -2.11. The molecule has 0 saturated heterocycles. The minimum absolute atomic E-state index is 0.280. The molecule has 0 saturated carbocycles. The van der Waals surface area contributed by atoms with Crippen LogP contribution in [0.4, 0.5) is 5.69 Å². The zero-order valence-corrected chi connectivity index (χ0v) is 12.4. The first-order valence-corrected chi connectivity index (χ1v) is 7.02. The van der Waals surface area contributed by atoms with E-state index in [4.69, 9.17) is 5.73 Å². The van der Waals surface area contributed by atoms with E-state index in [9.17, 15) is 5.26 Å². The molecule has 0 bridgehead atoms. The second-order valence-corrected chi connectivity index (χ2v) is 5.33. The van der Waals surface area contributed by atoms with E-state index in [2.05, 4.69) is 55.7 Å². The molecule has 20 heavy (non-hydrogen) atoms. The molecule has 1 aromatic carbocycles. The van der Waals surface area contributed by atoms with Gasteiger partial charge in [-0.1, -0.05) is 36.8 Å². The Morgan fingerprint density at radius 2 is 1.95 bits per heavy atom. The lowest BCUT2D eigenvalue weighted by atomic mass is 10.1. The molecule has 0 aliphatic rings. The van der Waals surface area contributed by atoms with Crippen LogP contribution in [0.15, 0.2) is 30.3 Å². The van der Waals surface area contributed by atoms with Gasteiger partial charge in [0.25, 0.3) is 0 Å². The van der Waals surface area contributed by atoms with E-state index in [1.165, 1.54) is 11.1 Å². The SMILES string of the molecule is CC[C@H](C)n1c(C#N)cc(N)c1Cc1ccc(C)cc1. The fourth-order valence-corrected chi connectivity index (χ4v) is 2.44. The summed E-state index contributed by atoms with van der Waals surface area (Å²) >= 11 is 0. The molecule has 2 rings (SSSR count). The molecular weight excluding hydrogens is 246 g/mol. The highest BCUT2D eigenvalue weighted by Crippen LogP contribution is 2.27. The third-order valence-electron chi connectivity index (χ3n) is 3.81. The van der Waals surface area contributed by atoms with E-state index in [1.54, 1.807) is 6.07 Å². The normalized spacial score (nSPS) is 12.1. The molecule has 0 radical (unpaired) electrons. The smallest absolute Gasteiger partial charge is 0.122 e. The van der Waals surface area contributed by atoms with E-state index in [0.717, 1.165) is 18.5 Å². The highest BCUT2D eigenvalue weighted by Gasteiger charge is 2.17. The van der Waals surface area contributed by atoms with Crippen molar-refractivity contribution in [2.45, 2.75) is 39.7 Å². The van der Waals surface area contributed by atoms with Gasteiger partial charge in [0, 0.05) is 18.2 Å². The number of nitrogen functional groups attached to an aromatic ring is 1. The Balaban J connectivity index is 2.43. The molecule has 0 amide bonds. The van der Waals surface area contributed by atoms with Crippen molar-refractivity contribution < 1.29 is 0 Å². The Bertz CT molecular complexity index is 629. The molecule has 0 unspecified atom stereocenters. The van der Waals surface area contributed by atoms with Crippen LogP contribution in [0.2, 0.25) is 0 Å². The second kappa shape index (κ2) is 5.83. The molecule has 3 nitrogen and oxygen atoms in total. The molecule has 2 aromatic rings. The molecule has 3 heteroatoms. The van der Waals surface area contributed by atoms with Crippen molar-refractivity contribution >= 4 is 5.69 Å². The molecule has 0 aliphatic heterocycles. The molecule has 0 aliphatic carbocycles. The van der Waals surface area contributed by atoms with Gasteiger partial charge < -0.3 is 10.3 Å². The Morgan fingerprint density at radius 3 is 2.50 bits per heavy atom. The summed E-state index contributed by atoms with van der Waals surface area (Å²) in [5, 5.41) is 9.28. The van der Waals surface area contributed by atoms with Gasteiger partial charge in [0.1, 0.15) is 11.8 Å². The number of aryl methyl sites for hydroxylation is 1. The van der Waals surface area contributed by atoms with Crippen LogP contribution in [0.3, 0.4) is 0 Å². The van der Waals surface area contributed by atoms with Crippen LogP contribution in [0.1, 0.15) is 48.8 Å². The summed E-state index contributed by atoms with van der Waals surface area (Å²) in [6.07, 6.45) is 1.74. The van der Waals surface area contributed by atoms with Gasteiger partial charge in [-0.15, -0.1) is 0 Å². The molecule has 104 valence electrons. The van der Waals surface area contributed by atoms with Gasteiger partial charge in [0.2, 0.25) is 0 Å². The van der Waals surface area contributed by atoms with Crippen molar-refractivity contribution in [1.29, 1.82) is 5.26 Å². The third kappa shape index (κ3) is 2.70. The summed E-state index contributed by atoms with van der Waals surface area (Å²) < 4.78 is 2.08. The summed E-state index contributed by atoms with van der Waals surface area (Å²) in [7, 11) is 0. The van der Waals surface area contributed by atoms with E-state index in [1.807, 2.05) is 0 Å². The minimum Gasteiger partial charge on any atom is -0.397 e. The summed E-state index contributed by atoms with van der Waals surface area (Å²) in [6.45, 7) is 6.32. The van der Waals surface area contributed by atoms with Gasteiger partial charge >= 0.3 is 0 Å². The predicted octanol–water partition coefficient (Wildman–Crippen LogP) is 3.81. The average molecular weight is 267 g/mol. The van der Waals surface area contributed by atoms with Crippen LogP contribution in [0.25, 0.3) is 0 Å². The maximum atomic E-state index is 9.28. The molecule has 0 spiro atoms. The molecule has 0 fully saturated rings. The topological polar surface area (TPSA) is 54.7 Å². The first-order valence-electron chi connectivity index (χ1n) is 7.02. The maximum Gasteiger partial charge on any atom is 0.122 e. The Hall–Kier alpha value is -2.21. The Morgan fingerprint density at radius 1 is 1.30 bits per heavy atom. The van der Waals surface area contributed by atoms with Gasteiger partial charge in [-0.2, -0.15) is 5.26 Å². The van der Waals surface area contributed by atoms with E-state index >= 15 is 0 Å². The minimum atomic E-state index is 0.280. The van der Waals surface area contributed by atoms with Gasteiger partial charge in [-0.05, 0) is 31.9 Å². The van der Waals surface area contributed by atoms with Gasteiger partial charge in [-0.25, -0.2) is 0 Å². The lowest BCUT2D eigenvalue weighted by molar-refractivity contribution is 0.514. The van der Waals surface area contributed by atoms with E-state index in [0.29, 0.717) is 11.4 Å². The molecule has 1 atom stereocenters. The van der Waals surface area contributed by atoms with Crippen LogP contribution in [-0.4, -0.2) is 4.57 Å². The van der Waals surface area contributed by atoms with Crippen LogP contribution >= 0.6 is 0 Å². The van der Waals surface area contributed by atoms with Gasteiger partial charge in [0.15, 0.2) is 0 Å². The van der Waals surface area contributed by atoms with Gasteiger partial charge in [-0.3, -0.25) is 0 Å². The average Bonchev–Trinajstić information content (AvgIpc) is 2.77. The molecule has 1 heterocycles. The fourth-order valence-electron chi connectivity index (χ4n) is 2.44. The highest BCUT2D eigenvalue weighted by molar-refractivity contribution is 5.52. The molecule has 1 aromatic heterocycles. The number of hydrogen-bond donors (Lipinski definition) is 1.